The van der Waals surface area contributed by atoms with Crippen LogP contribution in [0.15, 0.2) is 72.6 Å². The van der Waals surface area contributed by atoms with Crippen LogP contribution in [0, 0.1) is 5.41 Å². The van der Waals surface area contributed by atoms with Gasteiger partial charge in [0.05, 0.1) is 6.20 Å². The van der Waals surface area contributed by atoms with Gasteiger partial charge in [0.1, 0.15) is 22.7 Å². The van der Waals surface area contributed by atoms with E-state index in [-0.39, 0.29) is 22.3 Å². The maximum absolute atomic E-state index is 13.2. The van der Waals surface area contributed by atoms with Crippen LogP contribution in [0.4, 0.5) is 14.5 Å². The molecule has 9 heteroatoms. The van der Waals surface area contributed by atoms with Gasteiger partial charge >= 0.3 is 5.97 Å². The van der Waals surface area contributed by atoms with Gasteiger partial charge in [-0.15, -0.1) is 0 Å². The minimum Gasteiger partial charge on any atom is -0.478 e. The summed E-state index contributed by atoms with van der Waals surface area (Å²) in [6.07, 6.45) is 3.95. The zero-order valence-corrected chi connectivity index (χ0v) is 24.4. The molecule has 2 aromatic heterocycles. The smallest absolute Gasteiger partial charge is 0.339 e. The zero-order valence-electron chi connectivity index (χ0n) is 24.4. The summed E-state index contributed by atoms with van der Waals surface area (Å²) >= 11 is 0. The lowest BCUT2D eigenvalue weighted by Gasteiger charge is -2.39. The Balaban J connectivity index is 1.16. The number of nitrogens with zero attached hydrogens (tertiary/aromatic N) is 3. The number of hydrogen-bond acceptors (Lipinski definition) is 5. The summed E-state index contributed by atoms with van der Waals surface area (Å²) in [6.45, 7) is 8.71. The number of anilines is 1. The summed E-state index contributed by atoms with van der Waals surface area (Å²) in [5, 5.41) is 10.7. The number of hydrogen-bond donors (Lipinski definition) is 2. The normalized spacial score (nSPS) is 17.6. The molecule has 7 nitrogen and oxygen atoms in total. The van der Waals surface area contributed by atoms with Crippen molar-refractivity contribution in [3.8, 4) is 11.5 Å². The van der Waals surface area contributed by atoms with Gasteiger partial charge in [-0.3, -0.25) is 4.90 Å². The van der Waals surface area contributed by atoms with Gasteiger partial charge in [0.2, 0.25) is 0 Å². The number of aromatic carboxylic acids is 1. The summed E-state index contributed by atoms with van der Waals surface area (Å²) in [7, 11) is 0. The Morgan fingerprint density at radius 2 is 1.84 bits per heavy atom. The average Bonchev–Trinajstić information content (AvgIpc) is 3.46. The Morgan fingerprint density at radius 1 is 1.07 bits per heavy atom. The van der Waals surface area contributed by atoms with Crippen molar-refractivity contribution in [2.24, 2.45) is 5.41 Å². The molecule has 0 bridgehead atoms. The van der Waals surface area contributed by atoms with E-state index in [1.54, 1.807) is 36.7 Å². The molecule has 1 saturated heterocycles. The molecule has 224 valence electrons. The number of benzene rings is 2. The predicted octanol–water partition coefficient (Wildman–Crippen LogP) is 7.78. The summed E-state index contributed by atoms with van der Waals surface area (Å²) in [5.74, 6) is -0.299. The highest BCUT2D eigenvalue weighted by atomic mass is 19.3. The maximum atomic E-state index is 13.2. The number of alkyl halides is 2. The van der Waals surface area contributed by atoms with E-state index in [1.807, 2.05) is 30.3 Å². The first-order valence-corrected chi connectivity index (χ1v) is 14.7. The molecule has 2 N–H and O–H groups in total. The number of carboxylic acid groups (broad SMARTS) is 1. The van der Waals surface area contributed by atoms with E-state index in [0.717, 1.165) is 74.3 Å². The highest BCUT2D eigenvalue weighted by Gasteiger charge is 2.29. The third-order valence-electron chi connectivity index (χ3n) is 8.65. The predicted molar refractivity (Wildman–Crippen MR) is 164 cm³/mol. The molecule has 6 rings (SSSR count). The van der Waals surface area contributed by atoms with Gasteiger partial charge in [-0.05, 0) is 60.1 Å². The molecular formula is C34H36F2N4O3. The maximum Gasteiger partial charge on any atom is 0.339 e. The van der Waals surface area contributed by atoms with Crippen LogP contribution in [-0.2, 0) is 0 Å². The summed E-state index contributed by atoms with van der Waals surface area (Å²) < 4.78 is 32.4. The number of fused-ring (bicyclic) bond motifs is 1. The Bertz CT molecular complexity index is 1650. The Morgan fingerprint density at radius 3 is 2.56 bits per heavy atom. The fraction of sp³-hybridized carbons (Fsp3) is 0.353. The Labute approximate surface area is 249 Å². The summed E-state index contributed by atoms with van der Waals surface area (Å²) in [6, 6.07) is 15.8. The lowest BCUT2D eigenvalue weighted by Crippen LogP contribution is -2.47. The molecule has 1 aliphatic heterocycles. The zero-order chi connectivity index (χ0) is 30.1. The van der Waals surface area contributed by atoms with Gasteiger partial charge < -0.3 is 19.7 Å². The second kappa shape index (κ2) is 11.8. The SMILES string of the molecule is CC1(C)CCC(CN2CCN(c3ccc(C(=O)O)c(Oc4cnc5[nH]ccc5c4)c3)CC2)=C(c2ccc(C(F)F)cc2)C1. The fourth-order valence-corrected chi connectivity index (χ4v) is 6.15. The minimum atomic E-state index is -2.46. The third-order valence-corrected chi connectivity index (χ3v) is 8.65. The van der Waals surface area contributed by atoms with Gasteiger partial charge in [-0.1, -0.05) is 43.7 Å². The first-order valence-electron chi connectivity index (χ1n) is 14.7. The largest absolute Gasteiger partial charge is 0.478 e. The lowest BCUT2D eigenvalue weighted by atomic mass is 9.72. The van der Waals surface area contributed by atoms with Crippen molar-refractivity contribution in [3.63, 3.8) is 0 Å². The molecule has 3 heterocycles. The third kappa shape index (κ3) is 6.41. The second-order valence-electron chi connectivity index (χ2n) is 12.3. The highest BCUT2D eigenvalue weighted by Crippen LogP contribution is 2.43. The van der Waals surface area contributed by atoms with Crippen LogP contribution < -0.4 is 9.64 Å². The fourth-order valence-electron chi connectivity index (χ4n) is 6.15. The van der Waals surface area contributed by atoms with E-state index in [0.29, 0.717) is 5.75 Å². The van der Waals surface area contributed by atoms with E-state index in [9.17, 15) is 18.7 Å². The van der Waals surface area contributed by atoms with Crippen LogP contribution >= 0.6 is 0 Å². The summed E-state index contributed by atoms with van der Waals surface area (Å²) in [5.41, 5.74) is 5.70. The number of carbonyl (C=O) groups is 1. The van der Waals surface area contributed by atoms with Crippen molar-refractivity contribution in [3.05, 3.63) is 89.3 Å². The molecule has 43 heavy (non-hydrogen) atoms. The minimum absolute atomic E-state index is 0.0560. The molecule has 0 atom stereocenters. The van der Waals surface area contributed by atoms with E-state index in [1.165, 1.54) is 11.1 Å². The van der Waals surface area contributed by atoms with E-state index >= 15 is 0 Å². The first-order chi connectivity index (χ1) is 20.6. The molecule has 2 aromatic carbocycles. The number of carboxylic acids is 1. The molecule has 0 spiro atoms. The van der Waals surface area contributed by atoms with Crippen molar-refractivity contribution in [2.75, 3.05) is 37.6 Å². The Kier molecular flexibility index (Phi) is 7.92. The summed E-state index contributed by atoms with van der Waals surface area (Å²) in [4.78, 5) is 24.1. The van der Waals surface area contributed by atoms with Crippen LogP contribution in [0.3, 0.4) is 0 Å². The molecule has 1 fully saturated rings. The molecule has 1 aliphatic carbocycles. The standard InChI is InChI=1S/C34H36F2N4O3/c1-34(2)11-9-25(29(19-34)22-3-5-23(6-4-22)31(35)36)21-39-13-15-40(16-14-39)26-7-8-28(33(41)42)30(18-26)43-27-17-24-10-12-37-32(24)38-20-27/h3-8,10,12,17-18,20,31H,9,11,13-16,19,21H2,1-2H3,(H,37,38)(H,41,42). The van der Waals surface area contributed by atoms with Crippen molar-refractivity contribution in [2.45, 2.75) is 39.5 Å². The van der Waals surface area contributed by atoms with Crippen molar-refractivity contribution >= 4 is 28.3 Å². The molecular weight excluding hydrogens is 550 g/mol. The molecule has 0 amide bonds. The van der Waals surface area contributed by atoms with E-state index in [4.69, 9.17) is 4.74 Å². The number of pyridine rings is 1. The van der Waals surface area contributed by atoms with Crippen LogP contribution in [0.1, 0.15) is 61.0 Å². The Hall–Kier alpha value is -4.24. The molecule has 0 unspecified atom stereocenters. The highest BCUT2D eigenvalue weighted by molar-refractivity contribution is 5.92. The van der Waals surface area contributed by atoms with Gasteiger partial charge in [0.25, 0.3) is 6.43 Å². The second-order valence-corrected chi connectivity index (χ2v) is 12.3. The number of H-pyrrole nitrogens is 1. The van der Waals surface area contributed by atoms with Crippen LogP contribution in [-0.4, -0.2) is 58.7 Å². The topological polar surface area (TPSA) is 81.7 Å². The number of aromatic nitrogens is 2. The number of aromatic amines is 1. The quantitative estimate of drug-likeness (QED) is 0.220. The number of rotatable bonds is 8. The van der Waals surface area contributed by atoms with Crippen LogP contribution in [0.2, 0.25) is 0 Å². The average molecular weight is 587 g/mol. The first kappa shape index (κ1) is 28.9. The van der Waals surface area contributed by atoms with E-state index in [2.05, 4.69) is 33.6 Å². The number of piperazine rings is 1. The van der Waals surface area contributed by atoms with E-state index < -0.39 is 12.4 Å². The molecule has 4 aromatic rings. The van der Waals surface area contributed by atoms with Gasteiger partial charge in [-0.25, -0.2) is 18.6 Å². The number of ether oxygens (including phenoxy) is 1. The molecule has 2 aliphatic rings. The van der Waals surface area contributed by atoms with Crippen LogP contribution in [0.25, 0.3) is 16.6 Å². The molecule has 0 saturated carbocycles. The van der Waals surface area contributed by atoms with Gasteiger partial charge in [0.15, 0.2) is 0 Å². The molecule has 0 radical (unpaired) electrons. The van der Waals surface area contributed by atoms with Gasteiger partial charge in [-0.2, -0.15) is 0 Å². The van der Waals surface area contributed by atoms with Crippen LogP contribution in [0.5, 0.6) is 11.5 Å². The van der Waals surface area contributed by atoms with Crippen molar-refractivity contribution in [1.29, 1.82) is 0 Å². The van der Waals surface area contributed by atoms with Gasteiger partial charge in [0, 0.05) is 61.6 Å². The monoisotopic (exact) mass is 586 g/mol. The number of allylic oxidation sites excluding steroid dienone is 1. The van der Waals surface area contributed by atoms with Crippen molar-refractivity contribution < 1.29 is 23.4 Å². The lowest BCUT2D eigenvalue weighted by molar-refractivity contribution is 0.0694. The number of halogens is 2. The van der Waals surface area contributed by atoms with Crippen molar-refractivity contribution in [1.82, 2.24) is 14.9 Å². The number of nitrogens with one attached hydrogen (secondary N) is 1.